The number of aliphatic hydroxyl groups excluding tert-OH is 2. The highest BCUT2D eigenvalue weighted by atomic mass is 32.2. The number of nitrogens with two attached hydrogens (primary N) is 7. The summed E-state index contributed by atoms with van der Waals surface area (Å²) >= 11 is 1.60. The lowest BCUT2D eigenvalue weighted by Gasteiger charge is -2.07. The van der Waals surface area contributed by atoms with Gasteiger partial charge >= 0.3 is 41.8 Å². The van der Waals surface area contributed by atoms with E-state index in [1.807, 2.05) is 50.4 Å². The zero-order valence-corrected chi connectivity index (χ0v) is 37.2. The van der Waals surface area contributed by atoms with Crippen molar-refractivity contribution >= 4 is 53.5 Å². The highest BCUT2D eigenvalue weighted by Crippen LogP contribution is 2.04. The van der Waals surface area contributed by atoms with Crippen molar-refractivity contribution in [2.24, 2.45) is 46.1 Å². The number of hydrogen-bond acceptors (Lipinski definition) is 18. The van der Waals surface area contributed by atoms with Gasteiger partial charge in [0.15, 0.2) is 0 Å². The van der Waals surface area contributed by atoms with E-state index < -0.39 is 90.7 Å². The molecule has 8 atom stereocenters. The second kappa shape index (κ2) is 42.7. The van der Waals surface area contributed by atoms with Crippen molar-refractivity contribution in [2.45, 2.75) is 121 Å². The lowest BCUT2D eigenvalue weighted by atomic mass is 10.1. The molecule has 0 aliphatic carbocycles. The molecule has 24 nitrogen and oxygen atoms in total. The molecule has 7 unspecified atom stereocenters. The average molecular weight is 931 g/mol. The molecule has 0 amide bonds. The van der Waals surface area contributed by atoms with Crippen molar-refractivity contribution in [2.75, 3.05) is 31.7 Å². The first kappa shape index (κ1) is 67.5. The molecule has 1 aromatic carbocycles. The third kappa shape index (κ3) is 46.8. The molecule has 368 valence electrons. The van der Waals surface area contributed by atoms with Crippen LogP contribution in [0, 0.1) is 5.92 Å². The molecule has 63 heavy (non-hydrogen) atoms. The maximum Gasteiger partial charge on any atom is 0.323 e. The van der Waals surface area contributed by atoms with Gasteiger partial charge in [0.05, 0.1) is 12.7 Å². The minimum Gasteiger partial charge on any atom is -0.480 e. The van der Waals surface area contributed by atoms with Crippen LogP contribution in [0.2, 0.25) is 0 Å². The Morgan fingerprint density at radius 1 is 0.683 bits per heavy atom. The van der Waals surface area contributed by atoms with E-state index in [9.17, 15) is 33.6 Å². The highest BCUT2D eigenvalue weighted by Gasteiger charge is 2.20. The van der Waals surface area contributed by atoms with Crippen LogP contribution in [0.3, 0.4) is 0 Å². The smallest absolute Gasteiger partial charge is 0.323 e. The van der Waals surface area contributed by atoms with Gasteiger partial charge < -0.3 is 91.4 Å². The van der Waals surface area contributed by atoms with Gasteiger partial charge in [0, 0.05) is 0 Å². The van der Waals surface area contributed by atoms with Crippen LogP contribution in [0.1, 0.15) is 71.3 Å². The van der Waals surface area contributed by atoms with Crippen molar-refractivity contribution in [1.29, 1.82) is 0 Å². The summed E-state index contributed by atoms with van der Waals surface area (Å²) in [6.45, 7) is 6.18. The van der Waals surface area contributed by atoms with E-state index in [1.54, 1.807) is 11.8 Å². The third-order valence-electron chi connectivity index (χ3n) is 7.57. The zero-order valence-electron chi connectivity index (χ0n) is 36.4. The lowest BCUT2D eigenvalue weighted by molar-refractivity contribution is -0.141. The first-order chi connectivity index (χ1) is 29.1. The van der Waals surface area contributed by atoms with Crippen LogP contribution in [0.15, 0.2) is 30.3 Å². The van der Waals surface area contributed by atoms with Crippen LogP contribution >= 0.6 is 11.8 Å². The second-order valence-electron chi connectivity index (χ2n) is 13.9. The molecule has 1 aliphatic heterocycles. The quantitative estimate of drug-likeness (QED) is 0.0615. The summed E-state index contributed by atoms with van der Waals surface area (Å²) in [4.78, 5) is 70.3. The van der Waals surface area contributed by atoms with E-state index in [-0.39, 0.29) is 6.04 Å². The third-order valence-corrected chi connectivity index (χ3v) is 8.22. The number of thioether (sulfide) groups is 1. The van der Waals surface area contributed by atoms with Gasteiger partial charge in [0.25, 0.3) is 0 Å². The zero-order chi connectivity index (χ0) is 50.2. The van der Waals surface area contributed by atoms with E-state index in [0.29, 0.717) is 38.1 Å². The van der Waals surface area contributed by atoms with Gasteiger partial charge in [0.1, 0.15) is 42.3 Å². The first-order valence-corrected chi connectivity index (χ1v) is 20.9. The van der Waals surface area contributed by atoms with Gasteiger partial charge in [-0.3, -0.25) is 33.6 Å². The van der Waals surface area contributed by atoms with Crippen LogP contribution in [-0.4, -0.2) is 168 Å². The Hall–Kier alpha value is -4.54. The molecule has 1 aliphatic rings. The maximum atomic E-state index is 10.4. The van der Waals surface area contributed by atoms with E-state index in [0.717, 1.165) is 43.5 Å². The van der Waals surface area contributed by atoms with Gasteiger partial charge in [0.2, 0.25) is 0 Å². The molecular formula is C38H74N8O16S. The van der Waals surface area contributed by atoms with E-state index >= 15 is 0 Å². The van der Waals surface area contributed by atoms with Gasteiger partial charge in [-0.05, 0) is 88.4 Å². The Morgan fingerprint density at radius 2 is 1.14 bits per heavy atom. The fourth-order valence-corrected chi connectivity index (χ4v) is 4.23. The summed E-state index contributed by atoms with van der Waals surface area (Å²) in [5.41, 5.74) is 36.8. The van der Waals surface area contributed by atoms with Crippen LogP contribution in [-0.2, 0) is 40.0 Å². The number of carboxylic acid groups (broad SMARTS) is 7. The Bertz CT molecular complexity index is 1370. The minimum absolute atomic E-state index is 0.269. The van der Waals surface area contributed by atoms with E-state index in [4.69, 9.17) is 86.1 Å². The molecule has 24 N–H and O–H groups in total. The topological polar surface area (TPSA) is 496 Å². The predicted molar refractivity (Wildman–Crippen MR) is 237 cm³/mol. The number of aliphatic hydroxyl groups is 2. The summed E-state index contributed by atoms with van der Waals surface area (Å²) in [6, 6.07) is 3.90. The van der Waals surface area contributed by atoms with E-state index in [2.05, 4.69) is 5.32 Å². The van der Waals surface area contributed by atoms with Gasteiger partial charge in [-0.25, -0.2) is 0 Å². The Labute approximate surface area is 371 Å². The molecule has 0 radical (unpaired) electrons. The monoisotopic (exact) mass is 930 g/mol. The fraction of sp³-hybridized carbons (Fsp3) is 0.658. The van der Waals surface area contributed by atoms with Crippen molar-refractivity contribution in [3.63, 3.8) is 0 Å². The Kier molecular flexibility index (Phi) is 45.8. The van der Waals surface area contributed by atoms with E-state index in [1.165, 1.54) is 6.92 Å². The summed E-state index contributed by atoms with van der Waals surface area (Å²) in [5.74, 6) is -5.63. The predicted octanol–water partition coefficient (Wildman–Crippen LogP) is -2.24. The normalized spacial score (nSPS) is 15.6. The van der Waals surface area contributed by atoms with Gasteiger partial charge in [-0.1, -0.05) is 50.6 Å². The molecule has 2 rings (SSSR count). The number of nitrogens with one attached hydrogen (secondary N) is 1. The molecule has 1 fully saturated rings. The van der Waals surface area contributed by atoms with Crippen molar-refractivity contribution in [3.8, 4) is 0 Å². The fourth-order valence-electron chi connectivity index (χ4n) is 3.74. The molecule has 1 heterocycles. The molecule has 0 aromatic heterocycles. The summed E-state index contributed by atoms with van der Waals surface area (Å²) in [7, 11) is 0. The van der Waals surface area contributed by atoms with Crippen molar-refractivity contribution in [3.05, 3.63) is 35.9 Å². The maximum absolute atomic E-state index is 10.4. The Balaban J connectivity index is -0.000000209. The molecule has 25 heteroatoms. The average Bonchev–Trinajstić information content (AvgIpc) is 3.77. The van der Waals surface area contributed by atoms with Crippen LogP contribution in [0.25, 0.3) is 0 Å². The SMILES string of the molecule is CC(C)CC(N)C(=O)O.CC(O)C(N)C(=O)O.CSCCC(N)C(=O)O.NC(CO)C(=O)O.NC(Cc1ccccc1)C(=O)O.NCCCCC(N)C(=O)O.O=C(O)[C@@H]1CCCN1. The standard InChI is InChI=1S/C9H11NO2.C6H14N2O2.C6H13NO2.C5H11NO2S.C5H9NO2.C4H9NO3.C3H7NO3/c10-8(9(11)12)6-7-4-2-1-3-5-7;7-4-2-1-3-5(8)6(9)10;1-4(2)3-5(7)6(8)9;1-9-3-2-4(6)5(7)8;7-5(8)4-2-1-3-6-4;1-2(6)3(5)4(7)8;4-2(1-5)3(6)7/h1-5,8H,6,10H2,(H,11,12);5H,1-4,7-8H2,(H,9,10);4-5H,3,7H2,1-2H3,(H,8,9);4H,2-3,6H2,1H3,(H,7,8);4,6H,1-3H2,(H,7,8);2-3,6H,5H2,1H3,(H,7,8);2,5H,1,4H2,(H,6,7)/t;;;;4-;;/m....0../s1. The van der Waals surface area contributed by atoms with Crippen LogP contribution < -0.4 is 45.5 Å². The number of aliphatic carboxylic acids is 7. The van der Waals surface area contributed by atoms with Crippen molar-refractivity contribution < 1.29 is 79.5 Å². The molecule has 0 bridgehead atoms. The molecular weight excluding hydrogens is 857 g/mol. The summed E-state index contributed by atoms with van der Waals surface area (Å²) < 4.78 is 0. The van der Waals surface area contributed by atoms with Crippen LogP contribution in [0.4, 0.5) is 0 Å². The molecule has 1 saturated heterocycles. The Morgan fingerprint density at radius 3 is 1.40 bits per heavy atom. The summed E-state index contributed by atoms with van der Waals surface area (Å²) in [6.07, 6.45) is 6.38. The largest absolute Gasteiger partial charge is 0.480 e. The minimum atomic E-state index is -1.18. The van der Waals surface area contributed by atoms with Gasteiger partial charge in [-0.2, -0.15) is 11.8 Å². The number of rotatable bonds is 20. The van der Waals surface area contributed by atoms with Gasteiger partial charge in [-0.15, -0.1) is 0 Å². The first-order valence-electron chi connectivity index (χ1n) is 19.5. The van der Waals surface area contributed by atoms with Crippen LogP contribution in [0.5, 0.6) is 0 Å². The number of unbranched alkanes of at least 4 members (excludes halogenated alkanes) is 1. The number of benzene rings is 1. The second-order valence-corrected chi connectivity index (χ2v) is 14.9. The number of carboxylic acids is 7. The van der Waals surface area contributed by atoms with Crippen molar-refractivity contribution in [1.82, 2.24) is 5.32 Å². The summed E-state index contributed by atoms with van der Waals surface area (Å²) in [5, 5.41) is 77.1. The lowest BCUT2D eigenvalue weighted by Crippen LogP contribution is -2.39. The number of hydrogen-bond donors (Lipinski definition) is 17. The highest BCUT2D eigenvalue weighted by molar-refractivity contribution is 7.98. The molecule has 1 aromatic rings. The molecule has 0 saturated carbocycles. The number of carbonyl (C=O) groups is 7. The molecule has 0 spiro atoms.